The molecule has 0 bridgehead atoms. The third kappa shape index (κ3) is 6.59. The van der Waals surface area contributed by atoms with E-state index < -0.39 is 0 Å². The largest absolute Gasteiger partial charge is 0.100 e. The van der Waals surface area contributed by atoms with Crippen LogP contribution >= 0.6 is 22.6 Å². The molecule has 0 aliphatic heterocycles. The van der Waals surface area contributed by atoms with Crippen molar-refractivity contribution in [3.63, 3.8) is 0 Å². The van der Waals surface area contributed by atoms with Gasteiger partial charge >= 0.3 is 0 Å². The minimum atomic E-state index is 0.889. The molecule has 0 aromatic rings. The molecule has 0 rings (SSSR count). The molecule has 0 saturated heterocycles. The molecule has 0 aromatic heterocycles. The minimum absolute atomic E-state index is 0.889. The van der Waals surface area contributed by atoms with Crippen LogP contribution in [0.4, 0.5) is 0 Å². The standard InChI is InChI=1S/C9H17I/c1-8(2)5-4-6-9(3)7-10/h9H,1,4-7H2,2-3H3. The monoisotopic (exact) mass is 252 g/mol. The second-order valence-electron chi connectivity index (χ2n) is 3.11. The summed E-state index contributed by atoms with van der Waals surface area (Å²) in [5, 5.41) is 0. The van der Waals surface area contributed by atoms with Gasteiger partial charge in [0.05, 0.1) is 0 Å². The number of allylic oxidation sites excluding steroid dienone is 1. The van der Waals surface area contributed by atoms with E-state index in [-0.39, 0.29) is 0 Å². The summed E-state index contributed by atoms with van der Waals surface area (Å²) in [6.45, 7) is 8.29. The van der Waals surface area contributed by atoms with E-state index in [9.17, 15) is 0 Å². The SMILES string of the molecule is C=C(C)CCCC(C)CI. The Morgan fingerprint density at radius 3 is 2.60 bits per heavy atom. The molecular weight excluding hydrogens is 235 g/mol. The summed E-state index contributed by atoms with van der Waals surface area (Å²) >= 11 is 2.45. The van der Waals surface area contributed by atoms with Crippen LogP contribution in [-0.4, -0.2) is 4.43 Å². The van der Waals surface area contributed by atoms with E-state index in [0.29, 0.717) is 0 Å². The lowest BCUT2D eigenvalue weighted by atomic mass is 10.0. The van der Waals surface area contributed by atoms with E-state index in [2.05, 4.69) is 43.0 Å². The van der Waals surface area contributed by atoms with Crippen LogP contribution < -0.4 is 0 Å². The molecule has 0 N–H and O–H groups in total. The van der Waals surface area contributed by atoms with Crippen LogP contribution in [0.2, 0.25) is 0 Å². The molecule has 0 fully saturated rings. The zero-order valence-corrected chi connectivity index (χ0v) is 9.15. The highest BCUT2D eigenvalue weighted by Gasteiger charge is 1.97. The average Bonchev–Trinajstić information content (AvgIpc) is 1.87. The molecule has 0 amide bonds. The Labute approximate surface area is 78.2 Å². The van der Waals surface area contributed by atoms with Gasteiger partial charge in [-0.3, -0.25) is 0 Å². The number of hydrogen-bond donors (Lipinski definition) is 0. The van der Waals surface area contributed by atoms with Crippen molar-refractivity contribution in [2.45, 2.75) is 33.1 Å². The van der Waals surface area contributed by atoms with Gasteiger partial charge in [-0.1, -0.05) is 35.1 Å². The van der Waals surface area contributed by atoms with Gasteiger partial charge in [0, 0.05) is 4.43 Å². The Morgan fingerprint density at radius 2 is 2.20 bits per heavy atom. The fourth-order valence-electron chi connectivity index (χ4n) is 0.829. The number of halogens is 1. The number of hydrogen-bond acceptors (Lipinski definition) is 0. The first-order valence-corrected chi connectivity index (χ1v) is 5.39. The van der Waals surface area contributed by atoms with Crippen molar-refractivity contribution in [2.75, 3.05) is 4.43 Å². The van der Waals surface area contributed by atoms with Crippen LogP contribution in [0.3, 0.4) is 0 Å². The van der Waals surface area contributed by atoms with E-state index >= 15 is 0 Å². The van der Waals surface area contributed by atoms with Crippen LogP contribution in [-0.2, 0) is 0 Å². The van der Waals surface area contributed by atoms with Crippen molar-refractivity contribution in [1.29, 1.82) is 0 Å². The van der Waals surface area contributed by atoms with Gasteiger partial charge in [-0.25, -0.2) is 0 Å². The second-order valence-corrected chi connectivity index (χ2v) is 3.99. The van der Waals surface area contributed by atoms with Crippen LogP contribution in [0.5, 0.6) is 0 Å². The van der Waals surface area contributed by atoms with Gasteiger partial charge in [0.1, 0.15) is 0 Å². The zero-order chi connectivity index (χ0) is 7.98. The predicted octanol–water partition coefficient (Wildman–Crippen LogP) is 3.80. The van der Waals surface area contributed by atoms with Crippen LogP contribution in [0.1, 0.15) is 33.1 Å². The van der Waals surface area contributed by atoms with Crippen molar-refractivity contribution in [1.82, 2.24) is 0 Å². The molecule has 1 atom stereocenters. The molecule has 60 valence electrons. The molecule has 10 heavy (non-hydrogen) atoms. The number of alkyl halides is 1. The van der Waals surface area contributed by atoms with Crippen molar-refractivity contribution in [3.05, 3.63) is 12.2 Å². The molecule has 1 unspecified atom stereocenters. The highest BCUT2D eigenvalue weighted by atomic mass is 127. The molecule has 1 heteroatoms. The van der Waals surface area contributed by atoms with Gasteiger partial charge in [-0.15, -0.1) is 6.58 Å². The molecular formula is C9H17I. The Bertz CT molecular complexity index is 96.9. The lowest BCUT2D eigenvalue weighted by Crippen LogP contribution is -1.94. The second kappa shape index (κ2) is 6.20. The zero-order valence-electron chi connectivity index (χ0n) is 6.99. The molecule has 0 aliphatic rings. The lowest BCUT2D eigenvalue weighted by molar-refractivity contribution is 0.569. The van der Waals surface area contributed by atoms with E-state index in [4.69, 9.17) is 0 Å². The summed E-state index contributed by atoms with van der Waals surface area (Å²) in [4.78, 5) is 0. The van der Waals surface area contributed by atoms with Crippen molar-refractivity contribution < 1.29 is 0 Å². The van der Waals surface area contributed by atoms with Crippen LogP contribution in [0.25, 0.3) is 0 Å². The quantitative estimate of drug-likeness (QED) is 0.396. The molecule has 0 radical (unpaired) electrons. The topological polar surface area (TPSA) is 0 Å². The van der Waals surface area contributed by atoms with Crippen molar-refractivity contribution in [2.24, 2.45) is 5.92 Å². The van der Waals surface area contributed by atoms with Gasteiger partial charge in [0.15, 0.2) is 0 Å². The van der Waals surface area contributed by atoms with E-state index in [1.807, 2.05) is 0 Å². The first-order valence-electron chi connectivity index (χ1n) is 3.87. The van der Waals surface area contributed by atoms with Gasteiger partial charge in [0.25, 0.3) is 0 Å². The van der Waals surface area contributed by atoms with Gasteiger partial charge in [-0.05, 0) is 32.1 Å². The molecule has 0 heterocycles. The first kappa shape index (κ1) is 10.5. The minimum Gasteiger partial charge on any atom is -0.100 e. The summed E-state index contributed by atoms with van der Waals surface area (Å²) in [7, 11) is 0. The van der Waals surface area contributed by atoms with E-state index in [1.165, 1.54) is 29.3 Å². The normalized spacial score (nSPS) is 13.1. The third-order valence-corrected chi connectivity index (χ3v) is 3.07. The maximum atomic E-state index is 3.88. The number of rotatable bonds is 5. The molecule has 0 aliphatic carbocycles. The maximum absolute atomic E-state index is 3.88. The summed E-state index contributed by atoms with van der Waals surface area (Å²) < 4.78 is 1.29. The summed E-state index contributed by atoms with van der Waals surface area (Å²) in [5.74, 6) is 0.889. The Kier molecular flexibility index (Phi) is 6.49. The summed E-state index contributed by atoms with van der Waals surface area (Å²) in [5.41, 5.74) is 1.32. The molecule has 0 nitrogen and oxygen atoms in total. The van der Waals surface area contributed by atoms with Gasteiger partial charge in [-0.2, -0.15) is 0 Å². The van der Waals surface area contributed by atoms with Crippen LogP contribution in [0.15, 0.2) is 12.2 Å². The van der Waals surface area contributed by atoms with Crippen molar-refractivity contribution in [3.8, 4) is 0 Å². The molecule has 0 aromatic carbocycles. The molecule has 0 spiro atoms. The highest BCUT2D eigenvalue weighted by Crippen LogP contribution is 2.12. The Balaban J connectivity index is 3.11. The van der Waals surface area contributed by atoms with Crippen molar-refractivity contribution >= 4 is 22.6 Å². The van der Waals surface area contributed by atoms with Gasteiger partial charge < -0.3 is 0 Å². The fourth-order valence-corrected chi connectivity index (χ4v) is 1.27. The summed E-state index contributed by atoms with van der Waals surface area (Å²) in [6, 6.07) is 0. The predicted molar refractivity (Wildman–Crippen MR) is 56.7 cm³/mol. The third-order valence-electron chi connectivity index (χ3n) is 1.56. The maximum Gasteiger partial charge on any atom is 0.00210 e. The lowest BCUT2D eigenvalue weighted by Gasteiger charge is -2.05. The smallest absolute Gasteiger partial charge is 0.00210 e. The average molecular weight is 252 g/mol. The van der Waals surface area contributed by atoms with Gasteiger partial charge in [0.2, 0.25) is 0 Å². The first-order chi connectivity index (χ1) is 4.66. The highest BCUT2D eigenvalue weighted by molar-refractivity contribution is 14.1. The fraction of sp³-hybridized carbons (Fsp3) is 0.778. The Morgan fingerprint density at radius 1 is 1.60 bits per heavy atom. The summed E-state index contributed by atoms with van der Waals surface area (Å²) in [6.07, 6.45) is 3.89. The molecule has 0 saturated carbocycles. The van der Waals surface area contributed by atoms with Crippen LogP contribution in [0, 0.1) is 5.92 Å². The Hall–Kier alpha value is 0.470. The van der Waals surface area contributed by atoms with E-state index in [0.717, 1.165) is 5.92 Å². The van der Waals surface area contributed by atoms with E-state index in [1.54, 1.807) is 0 Å².